The average molecular weight is 523 g/mol. The highest BCUT2D eigenvalue weighted by molar-refractivity contribution is 5.83. The molecular formula is C28H35FN6O3. The van der Waals surface area contributed by atoms with Gasteiger partial charge < -0.3 is 14.5 Å². The van der Waals surface area contributed by atoms with Crippen molar-refractivity contribution in [1.82, 2.24) is 30.1 Å². The molecule has 4 rings (SSSR count). The summed E-state index contributed by atoms with van der Waals surface area (Å²) in [5.41, 5.74) is 1.67. The lowest BCUT2D eigenvalue weighted by atomic mass is 10.0. The third-order valence-corrected chi connectivity index (χ3v) is 7.16. The second-order valence-corrected chi connectivity index (χ2v) is 9.99. The van der Waals surface area contributed by atoms with Crippen LogP contribution in [0.2, 0.25) is 0 Å². The summed E-state index contributed by atoms with van der Waals surface area (Å²) in [6.45, 7) is 9.17. The van der Waals surface area contributed by atoms with Crippen LogP contribution >= 0.6 is 0 Å². The Bertz CT molecular complexity index is 1450. The molecule has 0 aliphatic carbocycles. The van der Waals surface area contributed by atoms with Crippen LogP contribution in [0.3, 0.4) is 0 Å². The number of halogens is 1. The van der Waals surface area contributed by atoms with Gasteiger partial charge >= 0.3 is 0 Å². The summed E-state index contributed by atoms with van der Waals surface area (Å²) < 4.78 is 26.4. The first-order valence-corrected chi connectivity index (χ1v) is 12.8. The summed E-state index contributed by atoms with van der Waals surface area (Å²) in [4.78, 5) is 18.4. The van der Waals surface area contributed by atoms with Crippen LogP contribution in [-0.2, 0) is 18.6 Å². The van der Waals surface area contributed by atoms with Crippen molar-refractivity contribution < 1.29 is 13.9 Å². The van der Waals surface area contributed by atoms with Gasteiger partial charge in [0.15, 0.2) is 17.3 Å². The van der Waals surface area contributed by atoms with Crippen LogP contribution in [0, 0.1) is 5.82 Å². The molecule has 2 heterocycles. The minimum atomic E-state index is -0.295. The fourth-order valence-electron chi connectivity index (χ4n) is 4.60. The molecule has 0 saturated carbocycles. The lowest BCUT2D eigenvalue weighted by molar-refractivity contribution is 0.150. The van der Waals surface area contributed by atoms with Crippen LogP contribution < -0.4 is 15.0 Å². The molecule has 0 spiro atoms. The van der Waals surface area contributed by atoms with Crippen LogP contribution in [0.5, 0.6) is 11.5 Å². The summed E-state index contributed by atoms with van der Waals surface area (Å²) >= 11 is 0. The predicted molar refractivity (Wildman–Crippen MR) is 144 cm³/mol. The van der Waals surface area contributed by atoms with Crippen molar-refractivity contribution in [3.05, 3.63) is 75.6 Å². The first kappa shape index (κ1) is 27.3. The third-order valence-electron chi connectivity index (χ3n) is 7.16. The fourth-order valence-corrected chi connectivity index (χ4v) is 4.60. The van der Waals surface area contributed by atoms with Crippen molar-refractivity contribution in [2.75, 3.05) is 14.2 Å². The number of benzene rings is 2. The van der Waals surface area contributed by atoms with Crippen molar-refractivity contribution in [3.63, 3.8) is 0 Å². The van der Waals surface area contributed by atoms with E-state index in [2.05, 4.69) is 53.1 Å². The van der Waals surface area contributed by atoms with E-state index in [0.29, 0.717) is 42.1 Å². The van der Waals surface area contributed by atoms with E-state index >= 15 is 0 Å². The van der Waals surface area contributed by atoms with E-state index < -0.39 is 0 Å². The molecule has 10 heteroatoms. The maximum absolute atomic E-state index is 13.7. The molecule has 0 saturated heterocycles. The van der Waals surface area contributed by atoms with Gasteiger partial charge in [0.1, 0.15) is 5.82 Å². The number of ether oxygens (including phenoxy) is 2. The number of methoxy groups -OCH3 is 2. The summed E-state index contributed by atoms with van der Waals surface area (Å²) in [7, 11) is 3.14. The molecule has 2 aromatic carbocycles. The van der Waals surface area contributed by atoms with Gasteiger partial charge in [0.25, 0.3) is 5.56 Å². The van der Waals surface area contributed by atoms with E-state index in [4.69, 9.17) is 9.47 Å². The standard InChI is InChI=1S/C28H35FN6O3/c1-7-23(26-31-32-33-35(26)28(3,4)8-2)34(16-18-9-11-21(29)12-10-18)17-20-13-19-14-24(37-5)25(38-6)15-22(19)30-27(20)36/h9-15,23H,7-8,16-17H2,1-6H3,(H,30,36)/t23-/m1/s1. The molecule has 0 radical (unpaired) electrons. The summed E-state index contributed by atoms with van der Waals surface area (Å²) in [5.74, 6) is 1.55. The number of pyridine rings is 1. The zero-order valence-corrected chi connectivity index (χ0v) is 22.8. The molecule has 38 heavy (non-hydrogen) atoms. The molecular weight excluding hydrogens is 487 g/mol. The Hall–Kier alpha value is -3.79. The zero-order chi connectivity index (χ0) is 27.4. The number of tetrazole rings is 1. The number of H-pyrrole nitrogens is 1. The van der Waals surface area contributed by atoms with E-state index in [0.717, 1.165) is 23.2 Å². The molecule has 0 fully saturated rings. The van der Waals surface area contributed by atoms with Gasteiger partial charge in [0.05, 0.1) is 31.3 Å². The molecule has 0 aliphatic heterocycles. The largest absolute Gasteiger partial charge is 0.493 e. The highest BCUT2D eigenvalue weighted by atomic mass is 19.1. The number of aromatic amines is 1. The Morgan fingerprint density at radius 3 is 2.37 bits per heavy atom. The van der Waals surface area contributed by atoms with Gasteiger partial charge in [0.2, 0.25) is 0 Å². The summed E-state index contributed by atoms with van der Waals surface area (Å²) in [6, 6.07) is 11.7. The van der Waals surface area contributed by atoms with E-state index in [1.807, 2.05) is 16.8 Å². The highest BCUT2D eigenvalue weighted by Crippen LogP contribution is 2.33. The Morgan fingerprint density at radius 1 is 1.05 bits per heavy atom. The minimum absolute atomic E-state index is 0.193. The van der Waals surface area contributed by atoms with Crippen LogP contribution in [0.15, 0.2) is 47.3 Å². The van der Waals surface area contributed by atoms with Gasteiger partial charge in [-0.25, -0.2) is 9.07 Å². The Morgan fingerprint density at radius 2 is 1.74 bits per heavy atom. The minimum Gasteiger partial charge on any atom is -0.493 e. The van der Waals surface area contributed by atoms with Gasteiger partial charge in [-0.1, -0.05) is 26.0 Å². The summed E-state index contributed by atoms with van der Waals surface area (Å²) in [5, 5.41) is 13.6. The molecule has 0 aliphatic rings. The number of fused-ring (bicyclic) bond motifs is 1. The third kappa shape index (κ3) is 5.55. The average Bonchev–Trinajstić information content (AvgIpc) is 3.40. The van der Waals surface area contributed by atoms with E-state index in [-0.39, 0.29) is 23.0 Å². The fraction of sp³-hybridized carbons (Fsp3) is 0.429. The molecule has 2 aromatic heterocycles. The Balaban J connectivity index is 1.79. The quantitative estimate of drug-likeness (QED) is 0.297. The first-order chi connectivity index (χ1) is 18.2. The topological polar surface area (TPSA) is 98.2 Å². The number of rotatable bonds is 11. The van der Waals surface area contributed by atoms with Crippen LogP contribution in [0.1, 0.15) is 63.5 Å². The number of hydrogen-bond acceptors (Lipinski definition) is 7. The van der Waals surface area contributed by atoms with Crippen molar-refractivity contribution >= 4 is 10.9 Å². The van der Waals surface area contributed by atoms with Gasteiger partial charge in [-0.2, -0.15) is 0 Å². The number of nitrogens with one attached hydrogen (secondary N) is 1. The molecule has 0 amide bonds. The van der Waals surface area contributed by atoms with Crippen molar-refractivity contribution in [2.45, 2.75) is 65.2 Å². The smallest absolute Gasteiger partial charge is 0.252 e. The second-order valence-electron chi connectivity index (χ2n) is 9.99. The van der Waals surface area contributed by atoms with Gasteiger partial charge in [-0.3, -0.25) is 9.69 Å². The summed E-state index contributed by atoms with van der Waals surface area (Å²) in [6.07, 6.45) is 1.55. The molecule has 0 bridgehead atoms. The molecule has 202 valence electrons. The monoisotopic (exact) mass is 522 g/mol. The lowest BCUT2D eigenvalue weighted by Crippen LogP contribution is -2.36. The van der Waals surface area contributed by atoms with Gasteiger partial charge in [0, 0.05) is 30.1 Å². The maximum Gasteiger partial charge on any atom is 0.252 e. The van der Waals surface area contributed by atoms with Crippen LogP contribution in [-0.4, -0.2) is 44.3 Å². The molecule has 4 aromatic rings. The zero-order valence-electron chi connectivity index (χ0n) is 22.8. The SMILES string of the molecule is CC[C@H](c1nnnn1C(C)(C)CC)N(Cc1ccc(F)cc1)Cc1cc2cc(OC)c(OC)cc2[nH]c1=O. The number of aromatic nitrogens is 5. The highest BCUT2D eigenvalue weighted by Gasteiger charge is 2.31. The number of nitrogens with zero attached hydrogens (tertiary/aromatic N) is 5. The predicted octanol–water partition coefficient (Wildman–Crippen LogP) is 4.97. The van der Waals surface area contributed by atoms with Crippen molar-refractivity contribution in [3.8, 4) is 11.5 Å². The molecule has 1 atom stereocenters. The van der Waals surface area contributed by atoms with E-state index in [1.165, 1.54) is 12.1 Å². The molecule has 9 nitrogen and oxygen atoms in total. The van der Waals surface area contributed by atoms with Crippen LogP contribution in [0.4, 0.5) is 4.39 Å². The van der Waals surface area contributed by atoms with Gasteiger partial charge in [-0.15, -0.1) is 5.10 Å². The maximum atomic E-state index is 13.7. The van der Waals surface area contributed by atoms with Crippen molar-refractivity contribution in [2.24, 2.45) is 0 Å². The van der Waals surface area contributed by atoms with E-state index in [1.54, 1.807) is 32.4 Å². The Labute approximate surface area is 221 Å². The normalized spacial score (nSPS) is 12.7. The van der Waals surface area contributed by atoms with Crippen LogP contribution in [0.25, 0.3) is 10.9 Å². The van der Waals surface area contributed by atoms with E-state index in [9.17, 15) is 9.18 Å². The van der Waals surface area contributed by atoms with Crippen molar-refractivity contribution in [1.29, 1.82) is 0 Å². The second kappa shape index (κ2) is 11.3. The first-order valence-electron chi connectivity index (χ1n) is 12.8. The molecule has 1 N–H and O–H groups in total. The Kier molecular flexibility index (Phi) is 8.11. The number of hydrogen-bond donors (Lipinski definition) is 1. The van der Waals surface area contributed by atoms with Gasteiger partial charge in [-0.05, 0) is 66.9 Å². The lowest BCUT2D eigenvalue weighted by Gasteiger charge is -2.33. The molecule has 0 unspecified atom stereocenters.